The molecule has 0 saturated heterocycles. The maximum Gasteiger partial charge on any atom is 0.331 e. The molecule has 1 aromatic rings. The second kappa shape index (κ2) is 7.98. The zero-order chi connectivity index (χ0) is 16.0. The van der Waals surface area contributed by atoms with Crippen LogP contribution in [0.5, 0.6) is 5.75 Å². The van der Waals surface area contributed by atoms with Crippen LogP contribution in [-0.2, 0) is 13.6 Å². The van der Waals surface area contributed by atoms with Gasteiger partial charge in [0.05, 0.1) is 25.5 Å². The quantitative estimate of drug-likeness (QED) is 0.644. The van der Waals surface area contributed by atoms with Crippen LogP contribution in [0.25, 0.3) is 0 Å². The zero-order valence-corrected chi connectivity index (χ0v) is 14.7. The fraction of sp³-hybridized carbons (Fsp3) is 0.625. The Morgan fingerprint density at radius 3 is 1.81 bits per heavy atom. The number of benzene rings is 1. The predicted octanol–water partition coefficient (Wildman–Crippen LogP) is 4.84. The molecule has 0 saturated carbocycles. The molecule has 0 fully saturated rings. The van der Waals surface area contributed by atoms with Crippen molar-refractivity contribution in [3.8, 4) is 5.75 Å². The van der Waals surface area contributed by atoms with Gasteiger partial charge < -0.3 is 13.8 Å². The van der Waals surface area contributed by atoms with Crippen LogP contribution in [0.2, 0.25) is 0 Å². The molecule has 0 aliphatic heterocycles. The first-order valence-corrected chi connectivity index (χ1v) is 9.08. The molecule has 1 unspecified atom stereocenters. The van der Waals surface area contributed by atoms with E-state index in [1.165, 1.54) is 0 Å². The lowest BCUT2D eigenvalue weighted by Gasteiger charge is -2.25. The van der Waals surface area contributed by atoms with Crippen molar-refractivity contribution >= 4 is 7.60 Å². The van der Waals surface area contributed by atoms with Crippen LogP contribution in [0.15, 0.2) is 24.3 Å². The smallest absolute Gasteiger partial charge is 0.331 e. The maximum absolute atomic E-state index is 12.9. The molecule has 21 heavy (non-hydrogen) atoms. The largest absolute Gasteiger partial charge is 0.497 e. The van der Waals surface area contributed by atoms with Crippen molar-refractivity contribution in [2.75, 3.05) is 13.3 Å². The molecule has 1 atom stereocenters. The van der Waals surface area contributed by atoms with E-state index in [0.29, 0.717) is 6.16 Å². The van der Waals surface area contributed by atoms with Crippen molar-refractivity contribution in [3.05, 3.63) is 29.8 Å². The Morgan fingerprint density at radius 1 is 0.952 bits per heavy atom. The minimum Gasteiger partial charge on any atom is -0.497 e. The lowest BCUT2D eigenvalue weighted by molar-refractivity contribution is 0.142. The Hall–Kier alpha value is -0.830. The number of hydrogen-bond donors (Lipinski definition) is 0. The molecule has 1 rings (SSSR count). The molecule has 120 valence electrons. The van der Waals surface area contributed by atoms with E-state index in [1.54, 1.807) is 7.11 Å². The summed E-state index contributed by atoms with van der Waals surface area (Å²) >= 11 is 0. The minimum atomic E-state index is -3.10. The molecular formula is C16H27O4P. The fourth-order valence-electron chi connectivity index (χ4n) is 2.13. The normalized spacial score (nSPS) is 13.7. The molecule has 1 aromatic carbocycles. The SMILES string of the molecule is COc1ccc(C(C)CP(=O)(OC(C)C)OC(C)C)cc1. The van der Waals surface area contributed by atoms with E-state index in [2.05, 4.69) is 0 Å². The summed E-state index contributed by atoms with van der Waals surface area (Å²) in [5.74, 6) is 0.894. The average Bonchev–Trinajstić information content (AvgIpc) is 2.36. The Kier molecular flexibility index (Phi) is 6.92. The van der Waals surface area contributed by atoms with Crippen LogP contribution < -0.4 is 4.74 Å². The monoisotopic (exact) mass is 314 g/mol. The first-order chi connectivity index (χ1) is 9.75. The minimum absolute atomic E-state index is 0.0826. The van der Waals surface area contributed by atoms with Gasteiger partial charge in [0.1, 0.15) is 5.75 Å². The van der Waals surface area contributed by atoms with Crippen molar-refractivity contribution in [3.63, 3.8) is 0 Å². The molecule has 0 heterocycles. The molecule has 0 amide bonds. The van der Waals surface area contributed by atoms with E-state index in [-0.39, 0.29) is 18.1 Å². The van der Waals surface area contributed by atoms with Crippen LogP contribution in [0, 0.1) is 0 Å². The van der Waals surface area contributed by atoms with Gasteiger partial charge in [-0.25, -0.2) is 0 Å². The molecule has 0 aliphatic rings. The van der Waals surface area contributed by atoms with Gasteiger partial charge >= 0.3 is 7.60 Å². The summed E-state index contributed by atoms with van der Waals surface area (Å²) in [6.07, 6.45) is 0.116. The topological polar surface area (TPSA) is 44.8 Å². The van der Waals surface area contributed by atoms with Gasteiger partial charge in [-0.3, -0.25) is 4.57 Å². The highest BCUT2D eigenvalue weighted by Crippen LogP contribution is 2.53. The Labute approximate surface area is 128 Å². The van der Waals surface area contributed by atoms with Gasteiger partial charge in [-0.1, -0.05) is 19.1 Å². The summed E-state index contributed by atoms with van der Waals surface area (Å²) in [7, 11) is -1.46. The Bertz CT molecular complexity index is 454. The Morgan fingerprint density at radius 2 is 1.43 bits per heavy atom. The molecular weight excluding hydrogens is 287 g/mol. The summed E-state index contributed by atoms with van der Waals surface area (Å²) in [6, 6.07) is 7.78. The van der Waals surface area contributed by atoms with Gasteiger partial charge in [-0.2, -0.15) is 0 Å². The van der Waals surface area contributed by atoms with Crippen LogP contribution in [-0.4, -0.2) is 25.5 Å². The third-order valence-electron chi connectivity index (χ3n) is 2.93. The van der Waals surface area contributed by atoms with Crippen LogP contribution >= 0.6 is 7.60 Å². The highest BCUT2D eigenvalue weighted by molar-refractivity contribution is 7.53. The second-order valence-corrected chi connectivity index (χ2v) is 7.78. The number of hydrogen-bond acceptors (Lipinski definition) is 4. The third-order valence-corrected chi connectivity index (χ3v) is 5.41. The number of methoxy groups -OCH3 is 1. The maximum atomic E-state index is 12.9. The van der Waals surface area contributed by atoms with E-state index in [4.69, 9.17) is 13.8 Å². The molecule has 0 radical (unpaired) electrons. The van der Waals surface area contributed by atoms with Gasteiger partial charge in [0.25, 0.3) is 0 Å². The number of rotatable bonds is 8. The zero-order valence-electron chi connectivity index (χ0n) is 13.8. The molecule has 0 aliphatic carbocycles. The lowest BCUT2D eigenvalue weighted by Crippen LogP contribution is -2.13. The molecule has 0 bridgehead atoms. The molecule has 4 nitrogen and oxygen atoms in total. The molecule has 0 N–H and O–H groups in total. The lowest BCUT2D eigenvalue weighted by atomic mass is 10.0. The summed E-state index contributed by atoms with van der Waals surface area (Å²) < 4.78 is 29.2. The van der Waals surface area contributed by atoms with Crippen LogP contribution in [0.1, 0.15) is 46.1 Å². The van der Waals surface area contributed by atoms with Crippen molar-refractivity contribution < 1.29 is 18.3 Å². The summed E-state index contributed by atoms with van der Waals surface area (Å²) in [6.45, 7) is 9.51. The van der Waals surface area contributed by atoms with Gasteiger partial charge in [-0.05, 0) is 51.3 Å². The highest BCUT2D eigenvalue weighted by atomic mass is 31.2. The second-order valence-electron chi connectivity index (χ2n) is 5.78. The van der Waals surface area contributed by atoms with Crippen LogP contribution in [0.4, 0.5) is 0 Å². The van der Waals surface area contributed by atoms with Crippen LogP contribution in [0.3, 0.4) is 0 Å². The summed E-state index contributed by atoms with van der Waals surface area (Å²) in [5, 5.41) is 0. The van der Waals surface area contributed by atoms with Crippen molar-refractivity contribution in [1.82, 2.24) is 0 Å². The van der Waals surface area contributed by atoms with E-state index in [9.17, 15) is 4.57 Å². The first-order valence-electron chi connectivity index (χ1n) is 7.35. The summed E-state index contributed by atoms with van der Waals surface area (Å²) in [4.78, 5) is 0. The molecule has 0 spiro atoms. The number of ether oxygens (including phenoxy) is 1. The fourth-order valence-corrected chi connectivity index (χ4v) is 4.51. The van der Waals surface area contributed by atoms with Gasteiger partial charge in [0.2, 0.25) is 0 Å². The molecule has 0 aromatic heterocycles. The van der Waals surface area contributed by atoms with Crippen molar-refractivity contribution in [1.29, 1.82) is 0 Å². The van der Waals surface area contributed by atoms with Crippen molar-refractivity contribution in [2.24, 2.45) is 0 Å². The highest BCUT2D eigenvalue weighted by Gasteiger charge is 2.30. The summed E-state index contributed by atoms with van der Waals surface area (Å²) in [5.41, 5.74) is 1.09. The van der Waals surface area contributed by atoms with Gasteiger partial charge in [0.15, 0.2) is 0 Å². The van der Waals surface area contributed by atoms with E-state index < -0.39 is 7.60 Å². The van der Waals surface area contributed by atoms with Crippen molar-refractivity contribution in [2.45, 2.75) is 52.7 Å². The predicted molar refractivity (Wildman–Crippen MR) is 86.3 cm³/mol. The first kappa shape index (κ1) is 18.2. The van der Waals surface area contributed by atoms with E-state index in [0.717, 1.165) is 11.3 Å². The molecule has 5 heteroatoms. The van der Waals surface area contributed by atoms with E-state index in [1.807, 2.05) is 58.9 Å². The third kappa shape index (κ3) is 6.21. The Balaban J connectivity index is 2.83. The standard InChI is InChI=1S/C16H27O4P/c1-12(2)19-21(17,20-13(3)4)11-14(5)15-7-9-16(18-6)10-8-15/h7-10,12-14H,11H2,1-6H3. The van der Waals surface area contributed by atoms with E-state index >= 15 is 0 Å². The average molecular weight is 314 g/mol. The van der Waals surface area contributed by atoms with Gasteiger partial charge in [0, 0.05) is 0 Å². The van der Waals surface area contributed by atoms with Gasteiger partial charge in [-0.15, -0.1) is 0 Å².